The highest BCUT2D eigenvalue weighted by molar-refractivity contribution is 7.99. The first kappa shape index (κ1) is 14.5. The predicted octanol–water partition coefficient (Wildman–Crippen LogP) is 3.07. The lowest BCUT2D eigenvalue weighted by molar-refractivity contribution is -0.145. The van der Waals surface area contributed by atoms with Crippen molar-refractivity contribution in [2.24, 2.45) is 5.84 Å². The SMILES string of the molecule is NNc1cc(Sc2cccc(F)c2)nc(C(F)(F)F)n1. The van der Waals surface area contributed by atoms with Crippen LogP contribution in [-0.2, 0) is 6.18 Å². The third-order valence-electron chi connectivity index (χ3n) is 2.12. The van der Waals surface area contributed by atoms with E-state index in [1.165, 1.54) is 24.3 Å². The van der Waals surface area contributed by atoms with Crippen LogP contribution in [0, 0.1) is 5.82 Å². The molecule has 0 atom stereocenters. The number of benzene rings is 1. The van der Waals surface area contributed by atoms with Crippen molar-refractivity contribution in [2.75, 3.05) is 5.43 Å². The summed E-state index contributed by atoms with van der Waals surface area (Å²) in [7, 11) is 0. The lowest BCUT2D eigenvalue weighted by Gasteiger charge is -2.09. The molecule has 0 saturated heterocycles. The van der Waals surface area contributed by atoms with E-state index in [0.717, 1.165) is 11.8 Å². The number of nitrogen functional groups attached to an aromatic ring is 1. The van der Waals surface area contributed by atoms with Gasteiger partial charge in [-0.25, -0.2) is 20.2 Å². The van der Waals surface area contributed by atoms with Crippen LogP contribution in [0.4, 0.5) is 23.4 Å². The third-order valence-corrected chi connectivity index (χ3v) is 3.03. The molecule has 2 aromatic rings. The van der Waals surface area contributed by atoms with E-state index in [9.17, 15) is 17.6 Å². The Labute approximate surface area is 115 Å². The zero-order chi connectivity index (χ0) is 14.8. The number of halogens is 4. The maximum atomic E-state index is 13.0. The number of nitrogens with one attached hydrogen (secondary N) is 1. The van der Waals surface area contributed by atoms with Gasteiger partial charge in [0.05, 0.1) is 0 Å². The summed E-state index contributed by atoms with van der Waals surface area (Å²) in [5, 5.41) is 0.00544. The Morgan fingerprint density at radius 2 is 1.90 bits per heavy atom. The number of nitrogens with zero attached hydrogens (tertiary/aromatic N) is 2. The molecule has 106 valence electrons. The summed E-state index contributed by atoms with van der Waals surface area (Å²) in [6.07, 6.45) is -4.69. The van der Waals surface area contributed by atoms with E-state index in [-0.39, 0.29) is 10.8 Å². The molecule has 4 nitrogen and oxygen atoms in total. The average molecular weight is 304 g/mol. The minimum absolute atomic E-state index is 0.00544. The van der Waals surface area contributed by atoms with Crippen LogP contribution in [-0.4, -0.2) is 9.97 Å². The summed E-state index contributed by atoms with van der Waals surface area (Å²) in [5.74, 6) is 3.09. The molecule has 0 amide bonds. The number of nitrogens with two attached hydrogens (primary N) is 1. The maximum Gasteiger partial charge on any atom is 0.451 e. The molecule has 2 rings (SSSR count). The molecule has 1 heterocycles. The molecule has 1 aromatic carbocycles. The molecule has 0 aliphatic carbocycles. The lowest BCUT2D eigenvalue weighted by Crippen LogP contribution is -2.16. The fourth-order valence-corrected chi connectivity index (χ4v) is 2.19. The minimum atomic E-state index is -4.69. The Hall–Kier alpha value is -1.87. The van der Waals surface area contributed by atoms with Crippen molar-refractivity contribution in [2.45, 2.75) is 16.1 Å². The van der Waals surface area contributed by atoms with Gasteiger partial charge in [-0.2, -0.15) is 13.2 Å². The van der Waals surface area contributed by atoms with Crippen molar-refractivity contribution >= 4 is 17.6 Å². The number of hydrogen-bond acceptors (Lipinski definition) is 5. The fourth-order valence-electron chi connectivity index (χ4n) is 1.33. The highest BCUT2D eigenvalue weighted by Crippen LogP contribution is 2.32. The van der Waals surface area contributed by atoms with Crippen LogP contribution in [0.5, 0.6) is 0 Å². The molecule has 0 aliphatic heterocycles. The molecule has 0 aliphatic rings. The number of anilines is 1. The number of aromatic nitrogens is 2. The Kier molecular flexibility index (Phi) is 4.09. The Bertz CT molecular complexity index is 618. The van der Waals surface area contributed by atoms with Crippen LogP contribution in [0.15, 0.2) is 40.3 Å². The first-order valence-electron chi connectivity index (χ1n) is 5.25. The average Bonchev–Trinajstić information content (AvgIpc) is 2.37. The van der Waals surface area contributed by atoms with E-state index < -0.39 is 17.8 Å². The van der Waals surface area contributed by atoms with Crippen LogP contribution in [0.25, 0.3) is 0 Å². The van der Waals surface area contributed by atoms with Crippen LogP contribution in [0.1, 0.15) is 5.82 Å². The first-order chi connectivity index (χ1) is 9.38. The van der Waals surface area contributed by atoms with E-state index in [2.05, 4.69) is 9.97 Å². The summed E-state index contributed by atoms with van der Waals surface area (Å²) in [5.41, 5.74) is 2.04. The molecule has 0 unspecified atom stereocenters. The van der Waals surface area contributed by atoms with E-state index in [0.29, 0.717) is 4.90 Å². The summed E-state index contributed by atoms with van der Waals surface area (Å²) in [6, 6.07) is 6.67. The van der Waals surface area contributed by atoms with Gasteiger partial charge in [0.2, 0.25) is 5.82 Å². The van der Waals surface area contributed by atoms with E-state index >= 15 is 0 Å². The third kappa shape index (κ3) is 3.58. The zero-order valence-corrected chi connectivity index (χ0v) is 10.6. The molecule has 1 aromatic heterocycles. The molecule has 20 heavy (non-hydrogen) atoms. The first-order valence-corrected chi connectivity index (χ1v) is 6.06. The Morgan fingerprint density at radius 3 is 2.50 bits per heavy atom. The topological polar surface area (TPSA) is 63.8 Å². The molecular formula is C11H8F4N4S. The van der Waals surface area contributed by atoms with Gasteiger partial charge in [-0.1, -0.05) is 17.8 Å². The van der Waals surface area contributed by atoms with Gasteiger partial charge in [0.25, 0.3) is 0 Å². The highest BCUT2D eigenvalue weighted by Gasteiger charge is 2.35. The van der Waals surface area contributed by atoms with Crippen LogP contribution >= 0.6 is 11.8 Å². The monoisotopic (exact) mass is 304 g/mol. The Morgan fingerprint density at radius 1 is 1.15 bits per heavy atom. The van der Waals surface area contributed by atoms with Gasteiger partial charge in [-0.15, -0.1) is 0 Å². The van der Waals surface area contributed by atoms with Gasteiger partial charge in [0, 0.05) is 11.0 Å². The largest absolute Gasteiger partial charge is 0.451 e. The Balaban J connectivity index is 2.36. The fraction of sp³-hybridized carbons (Fsp3) is 0.0909. The molecule has 0 spiro atoms. The number of alkyl halides is 3. The molecule has 0 bridgehead atoms. The van der Waals surface area contributed by atoms with Crippen molar-refractivity contribution in [1.82, 2.24) is 9.97 Å². The zero-order valence-electron chi connectivity index (χ0n) is 9.78. The number of rotatable bonds is 3. The van der Waals surface area contributed by atoms with Crippen molar-refractivity contribution in [1.29, 1.82) is 0 Å². The number of hydrogen-bond donors (Lipinski definition) is 2. The molecule has 0 fully saturated rings. The van der Waals surface area contributed by atoms with Crippen LogP contribution in [0.2, 0.25) is 0 Å². The second-order valence-corrected chi connectivity index (χ2v) is 4.71. The second kappa shape index (κ2) is 5.63. The molecule has 0 saturated carbocycles. The van der Waals surface area contributed by atoms with Crippen LogP contribution in [0.3, 0.4) is 0 Å². The van der Waals surface area contributed by atoms with Gasteiger partial charge in [0.15, 0.2) is 0 Å². The normalized spacial score (nSPS) is 11.4. The predicted molar refractivity (Wildman–Crippen MR) is 65.4 cm³/mol. The standard InChI is InChI=1S/C11H8F4N4S/c12-6-2-1-3-7(4-6)20-9-5-8(19-16)17-10(18-9)11(13,14)15/h1-5H,16H2,(H,17,18,19). The summed E-state index contributed by atoms with van der Waals surface area (Å²) in [4.78, 5) is 7.03. The molecule has 3 N–H and O–H groups in total. The van der Waals surface area contributed by atoms with E-state index in [1.807, 2.05) is 5.43 Å². The van der Waals surface area contributed by atoms with Crippen molar-refractivity contribution in [3.63, 3.8) is 0 Å². The summed E-state index contributed by atoms with van der Waals surface area (Å²) < 4.78 is 50.9. The van der Waals surface area contributed by atoms with E-state index in [4.69, 9.17) is 5.84 Å². The molecule has 0 radical (unpaired) electrons. The second-order valence-electron chi connectivity index (χ2n) is 3.62. The molecule has 9 heteroatoms. The lowest BCUT2D eigenvalue weighted by atomic mass is 10.4. The van der Waals surface area contributed by atoms with Gasteiger partial charge >= 0.3 is 6.18 Å². The van der Waals surface area contributed by atoms with Crippen LogP contribution < -0.4 is 11.3 Å². The van der Waals surface area contributed by atoms with Gasteiger partial charge in [-0.05, 0) is 18.2 Å². The van der Waals surface area contributed by atoms with Crippen molar-refractivity contribution < 1.29 is 17.6 Å². The quantitative estimate of drug-likeness (QED) is 0.395. The summed E-state index contributed by atoms with van der Waals surface area (Å²) >= 11 is 0.875. The van der Waals surface area contributed by atoms with Gasteiger partial charge < -0.3 is 5.43 Å². The van der Waals surface area contributed by atoms with E-state index in [1.54, 1.807) is 6.07 Å². The maximum absolute atomic E-state index is 13.0. The molecular weight excluding hydrogens is 296 g/mol. The van der Waals surface area contributed by atoms with Gasteiger partial charge in [0.1, 0.15) is 16.7 Å². The highest BCUT2D eigenvalue weighted by atomic mass is 32.2. The van der Waals surface area contributed by atoms with Crippen molar-refractivity contribution in [3.8, 4) is 0 Å². The number of hydrazine groups is 1. The minimum Gasteiger partial charge on any atom is -0.308 e. The van der Waals surface area contributed by atoms with Gasteiger partial charge in [-0.3, -0.25) is 0 Å². The van der Waals surface area contributed by atoms with Crippen molar-refractivity contribution in [3.05, 3.63) is 42.0 Å². The summed E-state index contributed by atoms with van der Waals surface area (Å²) in [6.45, 7) is 0. The smallest absolute Gasteiger partial charge is 0.308 e.